The molecule has 2 aromatic carbocycles. The maximum Gasteiger partial charge on any atom is 0.237 e. The number of hydrogen-bond acceptors (Lipinski definition) is 6. The number of benzene rings is 2. The van der Waals surface area contributed by atoms with Crippen molar-refractivity contribution in [2.45, 2.75) is 89.2 Å². The Bertz CT molecular complexity index is 1470. The minimum atomic E-state index is -1.76. The molecule has 45 heavy (non-hydrogen) atoms. The van der Waals surface area contributed by atoms with Crippen LogP contribution in [0.3, 0.4) is 0 Å². The molecule has 0 spiro atoms. The lowest BCUT2D eigenvalue weighted by Crippen LogP contribution is -2.46. The first-order valence-corrected chi connectivity index (χ1v) is 15.8. The molecule has 244 valence electrons. The average molecular weight is 666 g/mol. The van der Waals surface area contributed by atoms with Gasteiger partial charge in [0, 0.05) is 42.6 Å². The molecule has 0 aliphatic carbocycles. The highest BCUT2D eigenvalue weighted by atomic mass is 35.5. The lowest BCUT2D eigenvalue weighted by molar-refractivity contribution is -0.138. The third-order valence-electron chi connectivity index (χ3n) is 8.68. The Balaban J connectivity index is 1.78. The SMILES string of the molecule is CC(=O)NCCC(C)(C)C[C@@H]1N[C@@H](C(=O)NCC[C@H]2COC(C)(C)O2)[C@H](c2cccc(Cl)c2F)[C@@]1(C#N)c1ccc(Cl)cc1F. The molecule has 2 fully saturated rings. The highest BCUT2D eigenvalue weighted by molar-refractivity contribution is 6.31. The van der Waals surface area contributed by atoms with Gasteiger partial charge in [-0.2, -0.15) is 5.26 Å². The van der Waals surface area contributed by atoms with Crippen LogP contribution in [0.15, 0.2) is 36.4 Å². The van der Waals surface area contributed by atoms with Gasteiger partial charge < -0.3 is 25.4 Å². The van der Waals surface area contributed by atoms with Crippen molar-refractivity contribution in [1.29, 1.82) is 5.26 Å². The second-order valence-corrected chi connectivity index (χ2v) is 13.9. The van der Waals surface area contributed by atoms with E-state index in [1.54, 1.807) is 6.07 Å². The highest BCUT2D eigenvalue weighted by Crippen LogP contribution is 2.53. The van der Waals surface area contributed by atoms with Crippen molar-refractivity contribution in [3.8, 4) is 6.07 Å². The van der Waals surface area contributed by atoms with Gasteiger partial charge >= 0.3 is 0 Å². The number of halogens is 4. The van der Waals surface area contributed by atoms with Crippen LogP contribution in [0.4, 0.5) is 8.78 Å². The van der Waals surface area contributed by atoms with Crippen LogP contribution in [0.25, 0.3) is 0 Å². The van der Waals surface area contributed by atoms with Crippen LogP contribution in [0, 0.1) is 28.4 Å². The molecule has 0 radical (unpaired) electrons. The summed E-state index contributed by atoms with van der Waals surface area (Å²) in [5.74, 6) is -4.09. The largest absolute Gasteiger partial charge is 0.356 e. The van der Waals surface area contributed by atoms with Gasteiger partial charge in [-0.1, -0.05) is 55.2 Å². The fourth-order valence-corrected chi connectivity index (χ4v) is 6.89. The average Bonchev–Trinajstić information content (AvgIpc) is 3.46. The van der Waals surface area contributed by atoms with Crippen molar-refractivity contribution in [3.63, 3.8) is 0 Å². The summed E-state index contributed by atoms with van der Waals surface area (Å²) in [7, 11) is 0. The van der Waals surface area contributed by atoms with Crippen molar-refractivity contribution >= 4 is 35.0 Å². The monoisotopic (exact) mass is 664 g/mol. The van der Waals surface area contributed by atoms with Crippen LogP contribution in [0.2, 0.25) is 10.0 Å². The molecule has 0 saturated carbocycles. The zero-order chi connectivity index (χ0) is 33.2. The summed E-state index contributed by atoms with van der Waals surface area (Å²) in [4.78, 5) is 25.5. The Kier molecular flexibility index (Phi) is 10.8. The van der Waals surface area contributed by atoms with Crippen LogP contribution in [0.5, 0.6) is 0 Å². The minimum absolute atomic E-state index is 0.0111. The zero-order valence-electron chi connectivity index (χ0n) is 26.1. The van der Waals surface area contributed by atoms with Crippen molar-refractivity contribution in [1.82, 2.24) is 16.0 Å². The molecule has 0 aromatic heterocycles. The molecule has 2 heterocycles. The van der Waals surface area contributed by atoms with Crippen molar-refractivity contribution in [3.05, 3.63) is 69.2 Å². The summed E-state index contributed by atoms with van der Waals surface area (Å²) < 4.78 is 43.3. The van der Waals surface area contributed by atoms with E-state index in [0.29, 0.717) is 26.0 Å². The Morgan fingerprint density at radius 1 is 1.16 bits per heavy atom. The maximum absolute atomic E-state index is 15.9. The lowest BCUT2D eigenvalue weighted by Gasteiger charge is -2.38. The molecule has 4 rings (SSSR count). The first-order valence-electron chi connectivity index (χ1n) is 15.0. The van der Waals surface area contributed by atoms with Gasteiger partial charge in [-0.05, 0) is 62.3 Å². The van der Waals surface area contributed by atoms with Gasteiger partial charge in [-0.25, -0.2) is 8.78 Å². The van der Waals surface area contributed by atoms with E-state index in [1.807, 2.05) is 27.7 Å². The molecule has 8 nitrogen and oxygen atoms in total. The summed E-state index contributed by atoms with van der Waals surface area (Å²) >= 11 is 12.3. The zero-order valence-corrected chi connectivity index (χ0v) is 27.6. The summed E-state index contributed by atoms with van der Waals surface area (Å²) in [6.07, 6.45) is 1.05. The first-order chi connectivity index (χ1) is 21.1. The second kappa shape index (κ2) is 13.9. The topological polar surface area (TPSA) is 112 Å². The molecule has 2 aromatic rings. The molecule has 5 atom stereocenters. The summed E-state index contributed by atoms with van der Waals surface area (Å²) in [6.45, 7) is 9.96. The number of rotatable bonds is 11. The summed E-state index contributed by atoms with van der Waals surface area (Å²) in [6, 6.07) is 8.79. The van der Waals surface area contributed by atoms with E-state index in [9.17, 15) is 14.9 Å². The van der Waals surface area contributed by atoms with Crippen LogP contribution in [-0.4, -0.2) is 55.5 Å². The number of carbonyl (C=O) groups excluding carboxylic acids is 2. The van der Waals surface area contributed by atoms with Crippen LogP contribution < -0.4 is 16.0 Å². The standard InChI is InChI=1S/C33H40Cl2F2N4O4/c1-19(42)39-14-12-31(2,3)16-26-33(18-38,23-10-9-20(34)15-25(23)36)27(22-7-6-8-24(35)28(22)37)29(41-26)30(43)40-13-11-21-17-44-32(4,5)45-21/h6-10,15,21,26-27,29,41H,11-14,16-17H2,1-5H3,(H,39,42)(H,40,43)/t21-,26-,27-,29+,33-/m0/s1. The highest BCUT2D eigenvalue weighted by Gasteiger charge is 2.61. The number of amides is 2. The van der Waals surface area contributed by atoms with Crippen LogP contribution in [-0.2, 0) is 24.5 Å². The van der Waals surface area contributed by atoms with Gasteiger partial charge in [-0.3, -0.25) is 9.59 Å². The van der Waals surface area contributed by atoms with Gasteiger partial charge in [0.25, 0.3) is 0 Å². The Morgan fingerprint density at radius 3 is 2.51 bits per heavy atom. The molecule has 2 saturated heterocycles. The van der Waals surface area contributed by atoms with E-state index < -0.39 is 52.2 Å². The molecule has 0 bridgehead atoms. The number of hydrogen-bond donors (Lipinski definition) is 3. The molecule has 12 heteroatoms. The van der Waals surface area contributed by atoms with E-state index in [2.05, 4.69) is 22.0 Å². The molecule has 0 unspecified atom stereocenters. The molecule has 3 N–H and O–H groups in total. The quantitative estimate of drug-likeness (QED) is 0.282. The first kappa shape index (κ1) is 35.1. The molecule has 2 aliphatic rings. The fraction of sp³-hybridized carbons (Fsp3) is 0.545. The van der Waals surface area contributed by atoms with E-state index in [4.69, 9.17) is 32.7 Å². The third-order valence-corrected chi connectivity index (χ3v) is 9.21. The Hall–Kier alpha value is -2.81. The maximum atomic E-state index is 15.9. The molecular weight excluding hydrogens is 625 g/mol. The lowest BCUT2D eigenvalue weighted by atomic mass is 9.62. The number of nitriles is 1. The second-order valence-electron chi connectivity index (χ2n) is 13.1. The van der Waals surface area contributed by atoms with E-state index in [0.717, 1.165) is 6.07 Å². The Morgan fingerprint density at radius 2 is 1.89 bits per heavy atom. The predicted molar refractivity (Wildman–Crippen MR) is 168 cm³/mol. The number of nitrogens with one attached hydrogen (secondary N) is 3. The number of carbonyl (C=O) groups is 2. The summed E-state index contributed by atoms with van der Waals surface area (Å²) in [5.41, 5.74) is -2.26. The third kappa shape index (κ3) is 7.78. The normalized spacial score (nSPS) is 26.0. The predicted octanol–water partition coefficient (Wildman–Crippen LogP) is 5.76. The van der Waals surface area contributed by atoms with E-state index >= 15 is 8.78 Å². The van der Waals surface area contributed by atoms with Gasteiger partial charge in [0.05, 0.1) is 29.8 Å². The van der Waals surface area contributed by atoms with Gasteiger partial charge in [0.1, 0.15) is 17.0 Å². The van der Waals surface area contributed by atoms with Crippen molar-refractivity contribution < 1.29 is 27.8 Å². The molecule has 2 amide bonds. The van der Waals surface area contributed by atoms with E-state index in [1.165, 1.54) is 31.2 Å². The van der Waals surface area contributed by atoms with Gasteiger partial charge in [0.15, 0.2) is 5.79 Å². The fourth-order valence-electron chi connectivity index (χ4n) is 6.55. The Labute approximate surface area is 273 Å². The van der Waals surface area contributed by atoms with Crippen molar-refractivity contribution in [2.24, 2.45) is 5.41 Å². The molecule has 2 aliphatic heterocycles. The van der Waals surface area contributed by atoms with Crippen molar-refractivity contribution in [2.75, 3.05) is 19.7 Å². The van der Waals surface area contributed by atoms with Gasteiger partial charge in [0.2, 0.25) is 11.8 Å². The minimum Gasteiger partial charge on any atom is -0.356 e. The summed E-state index contributed by atoms with van der Waals surface area (Å²) in [5, 5.41) is 20.1. The number of nitrogens with zero attached hydrogens (tertiary/aromatic N) is 1. The van der Waals surface area contributed by atoms with E-state index in [-0.39, 0.29) is 46.1 Å². The van der Waals surface area contributed by atoms with Crippen LogP contribution in [0.1, 0.15) is 70.9 Å². The smallest absolute Gasteiger partial charge is 0.237 e. The molecular formula is C33H40Cl2F2N4O4. The number of ether oxygens (including phenoxy) is 2. The van der Waals surface area contributed by atoms with Crippen LogP contribution >= 0.6 is 23.2 Å². The van der Waals surface area contributed by atoms with Gasteiger partial charge in [-0.15, -0.1) is 0 Å².